The fraction of sp³-hybridized carbons (Fsp3) is 0.320. The van der Waals surface area contributed by atoms with Gasteiger partial charge >= 0.3 is 5.97 Å². The summed E-state index contributed by atoms with van der Waals surface area (Å²) in [6.07, 6.45) is 3.27. The fourth-order valence-electron chi connectivity index (χ4n) is 3.23. The maximum Gasteiger partial charge on any atom is 0.303 e. The molecule has 0 unspecified atom stereocenters. The first-order chi connectivity index (χ1) is 15.4. The molecule has 0 radical (unpaired) electrons. The highest BCUT2D eigenvalue weighted by molar-refractivity contribution is 7.18. The van der Waals surface area contributed by atoms with Gasteiger partial charge in [0.05, 0.1) is 24.2 Å². The van der Waals surface area contributed by atoms with E-state index in [0.29, 0.717) is 24.5 Å². The maximum absolute atomic E-state index is 10.6. The lowest BCUT2D eigenvalue weighted by Gasteiger charge is -2.12. The van der Waals surface area contributed by atoms with E-state index in [1.54, 1.807) is 11.3 Å². The summed E-state index contributed by atoms with van der Waals surface area (Å²) < 4.78 is 11.4. The van der Waals surface area contributed by atoms with Crippen molar-refractivity contribution < 1.29 is 19.4 Å². The van der Waals surface area contributed by atoms with Gasteiger partial charge in [0, 0.05) is 18.2 Å². The van der Waals surface area contributed by atoms with Crippen molar-refractivity contribution in [3.8, 4) is 32.5 Å². The number of aliphatic carboxylic acids is 1. The second kappa shape index (κ2) is 10.8. The van der Waals surface area contributed by atoms with Gasteiger partial charge in [-0.2, -0.15) is 0 Å². The lowest BCUT2D eigenvalue weighted by atomic mass is 10.0. The molecule has 0 spiro atoms. The van der Waals surface area contributed by atoms with Gasteiger partial charge in [-0.05, 0) is 68.1 Å². The van der Waals surface area contributed by atoms with E-state index in [4.69, 9.17) is 21.2 Å². The van der Waals surface area contributed by atoms with E-state index < -0.39 is 5.97 Å². The fourth-order valence-corrected chi connectivity index (χ4v) is 4.20. The van der Waals surface area contributed by atoms with Crippen LogP contribution < -0.4 is 9.47 Å². The van der Waals surface area contributed by atoms with Crippen molar-refractivity contribution in [2.75, 3.05) is 6.61 Å². The molecule has 3 aromatic rings. The molecule has 0 aliphatic rings. The lowest BCUT2D eigenvalue weighted by molar-refractivity contribution is -0.137. The van der Waals surface area contributed by atoms with Crippen molar-refractivity contribution in [3.63, 3.8) is 0 Å². The molecule has 1 aromatic heterocycles. The Kier molecular flexibility index (Phi) is 7.85. The SMILES string of the molecule is [C-]#[N+]c1cc(-c2ncc(-c3ccc(OCCCC(=O)O)cc3CC)s2)ccc1OC(C)C. The van der Waals surface area contributed by atoms with Crippen LogP contribution in [0, 0.1) is 6.57 Å². The van der Waals surface area contributed by atoms with Crippen LogP contribution in [-0.4, -0.2) is 28.8 Å². The Labute approximate surface area is 192 Å². The standard InChI is InChI=1S/C25H26N2O4S/c1-5-17-13-19(30-12-6-7-24(28)29)9-10-20(17)23-15-27-25(32-23)18-8-11-22(31-16(2)3)21(14-18)26-4/h8-11,13-16H,5-7,12H2,1-3H3,(H,28,29). The molecule has 3 rings (SSSR count). The lowest BCUT2D eigenvalue weighted by Crippen LogP contribution is -2.05. The molecule has 1 heterocycles. The van der Waals surface area contributed by atoms with Crippen molar-refractivity contribution in [2.24, 2.45) is 0 Å². The van der Waals surface area contributed by atoms with Crippen molar-refractivity contribution in [2.45, 2.75) is 46.1 Å². The minimum absolute atomic E-state index is 0.00408. The van der Waals surface area contributed by atoms with Gasteiger partial charge in [0.1, 0.15) is 16.5 Å². The summed E-state index contributed by atoms with van der Waals surface area (Å²) >= 11 is 1.58. The quantitative estimate of drug-likeness (QED) is 0.277. The summed E-state index contributed by atoms with van der Waals surface area (Å²) in [4.78, 5) is 19.9. The van der Waals surface area contributed by atoms with Crippen molar-refractivity contribution in [1.29, 1.82) is 0 Å². The smallest absolute Gasteiger partial charge is 0.303 e. The molecule has 7 heteroatoms. The van der Waals surface area contributed by atoms with E-state index in [1.165, 1.54) is 0 Å². The number of hydrogen-bond acceptors (Lipinski definition) is 5. The van der Waals surface area contributed by atoms with Crippen LogP contribution >= 0.6 is 11.3 Å². The van der Waals surface area contributed by atoms with Crippen LogP contribution in [0.1, 0.15) is 39.2 Å². The molecule has 0 aliphatic heterocycles. The van der Waals surface area contributed by atoms with E-state index in [0.717, 1.165) is 38.7 Å². The Morgan fingerprint density at radius 2 is 2.06 bits per heavy atom. The topological polar surface area (TPSA) is 73.0 Å². The van der Waals surface area contributed by atoms with Crippen LogP contribution in [-0.2, 0) is 11.2 Å². The van der Waals surface area contributed by atoms with Crippen LogP contribution in [0.15, 0.2) is 42.6 Å². The van der Waals surface area contributed by atoms with Gasteiger partial charge in [-0.15, -0.1) is 11.3 Å². The first-order valence-electron chi connectivity index (χ1n) is 10.5. The zero-order valence-electron chi connectivity index (χ0n) is 18.4. The van der Waals surface area contributed by atoms with E-state index in [-0.39, 0.29) is 12.5 Å². The van der Waals surface area contributed by atoms with E-state index in [2.05, 4.69) is 16.8 Å². The number of carbonyl (C=O) groups is 1. The molecule has 6 nitrogen and oxygen atoms in total. The zero-order valence-corrected chi connectivity index (χ0v) is 19.2. The Balaban J connectivity index is 1.80. The summed E-state index contributed by atoms with van der Waals surface area (Å²) in [5.74, 6) is 0.510. The third kappa shape index (κ3) is 5.86. The summed E-state index contributed by atoms with van der Waals surface area (Å²) in [5.41, 5.74) is 3.60. The number of nitrogens with zero attached hydrogens (tertiary/aromatic N) is 2. The first-order valence-corrected chi connectivity index (χ1v) is 11.3. The molecule has 0 saturated heterocycles. The number of carboxylic acids is 1. The number of ether oxygens (including phenoxy) is 2. The highest BCUT2D eigenvalue weighted by Gasteiger charge is 2.13. The Morgan fingerprint density at radius 3 is 2.75 bits per heavy atom. The van der Waals surface area contributed by atoms with Gasteiger partial charge in [0.25, 0.3) is 0 Å². The average molecular weight is 451 g/mol. The predicted molar refractivity (Wildman–Crippen MR) is 127 cm³/mol. The Morgan fingerprint density at radius 1 is 1.25 bits per heavy atom. The monoisotopic (exact) mass is 450 g/mol. The van der Waals surface area contributed by atoms with Gasteiger partial charge < -0.3 is 14.6 Å². The molecule has 2 aromatic carbocycles. The summed E-state index contributed by atoms with van der Waals surface area (Å²) in [5, 5.41) is 9.58. The van der Waals surface area contributed by atoms with Crippen LogP contribution in [0.5, 0.6) is 11.5 Å². The van der Waals surface area contributed by atoms with Crippen LogP contribution in [0.2, 0.25) is 0 Å². The minimum Gasteiger partial charge on any atom is -0.502 e. The molecule has 0 saturated carbocycles. The molecule has 0 aliphatic carbocycles. The van der Waals surface area contributed by atoms with Crippen molar-refractivity contribution in [1.82, 2.24) is 4.98 Å². The molecular formula is C25H26N2O4S. The minimum atomic E-state index is -0.815. The highest BCUT2D eigenvalue weighted by atomic mass is 32.1. The number of rotatable bonds is 10. The molecule has 32 heavy (non-hydrogen) atoms. The molecule has 1 N–H and O–H groups in total. The van der Waals surface area contributed by atoms with Gasteiger partial charge in [-0.3, -0.25) is 4.79 Å². The van der Waals surface area contributed by atoms with Crippen LogP contribution in [0.25, 0.3) is 25.9 Å². The van der Waals surface area contributed by atoms with Crippen LogP contribution in [0.3, 0.4) is 0 Å². The zero-order chi connectivity index (χ0) is 23.1. The number of aromatic nitrogens is 1. The Bertz CT molecular complexity index is 1130. The molecule has 0 bridgehead atoms. The van der Waals surface area contributed by atoms with Crippen molar-refractivity contribution >= 4 is 23.0 Å². The maximum atomic E-state index is 10.6. The number of benzene rings is 2. The highest BCUT2D eigenvalue weighted by Crippen LogP contribution is 2.38. The molecule has 0 fully saturated rings. The number of carboxylic acid groups (broad SMARTS) is 1. The second-order valence-electron chi connectivity index (χ2n) is 7.51. The molecular weight excluding hydrogens is 424 g/mol. The van der Waals surface area contributed by atoms with E-state index in [9.17, 15) is 4.79 Å². The van der Waals surface area contributed by atoms with E-state index in [1.807, 2.05) is 56.4 Å². The Hall–Kier alpha value is -3.37. The molecule has 166 valence electrons. The molecule has 0 amide bonds. The third-order valence-electron chi connectivity index (χ3n) is 4.72. The van der Waals surface area contributed by atoms with Gasteiger partial charge in [-0.1, -0.05) is 13.0 Å². The average Bonchev–Trinajstić information content (AvgIpc) is 3.26. The second-order valence-corrected chi connectivity index (χ2v) is 8.54. The largest absolute Gasteiger partial charge is 0.502 e. The normalized spacial score (nSPS) is 10.7. The van der Waals surface area contributed by atoms with Gasteiger partial charge in [0.2, 0.25) is 5.69 Å². The predicted octanol–water partition coefficient (Wildman–Crippen LogP) is 6.62. The number of aryl methyl sites for hydroxylation is 1. The number of thiazole rings is 1. The summed E-state index contributed by atoms with van der Waals surface area (Å²) in [7, 11) is 0. The van der Waals surface area contributed by atoms with Gasteiger partial charge in [0.15, 0.2) is 0 Å². The molecule has 0 atom stereocenters. The van der Waals surface area contributed by atoms with Crippen molar-refractivity contribution in [3.05, 3.63) is 59.6 Å². The van der Waals surface area contributed by atoms with E-state index >= 15 is 0 Å². The third-order valence-corrected chi connectivity index (χ3v) is 5.80. The number of hydrogen-bond donors (Lipinski definition) is 1. The van der Waals surface area contributed by atoms with Gasteiger partial charge in [-0.25, -0.2) is 9.83 Å². The first kappa shape index (κ1) is 23.3. The van der Waals surface area contributed by atoms with Crippen LogP contribution in [0.4, 0.5) is 5.69 Å². The summed E-state index contributed by atoms with van der Waals surface area (Å²) in [6, 6.07) is 11.5. The summed E-state index contributed by atoms with van der Waals surface area (Å²) in [6.45, 7) is 13.8.